The van der Waals surface area contributed by atoms with E-state index in [1.165, 1.54) is 27.4 Å². The number of carbonyl (C=O) groups excluding carboxylic acids is 1. The molecule has 0 bridgehead atoms. The van der Waals surface area contributed by atoms with Gasteiger partial charge in [0.2, 0.25) is 16.0 Å². The number of nitrogens with zero attached hydrogens (tertiary/aromatic N) is 3. The number of halogens is 1. The van der Waals surface area contributed by atoms with Crippen molar-refractivity contribution < 1.29 is 17.6 Å². The van der Waals surface area contributed by atoms with Gasteiger partial charge in [-0.15, -0.1) is 0 Å². The lowest BCUT2D eigenvalue weighted by atomic mass is 10.3. The summed E-state index contributed by atoms with van der Waals surface area (Å²) >= 11 is 0. The van der Waals surface area contributed by atoms with Gasteiger partial charge in [0.25, 0.3) is 5.91 Å². The van der Waals surface area contributed by atoms with Crippen LogP contribution in [-0.4, -0.2) is 60.9 Å². The zero-order valence-corrected chi connectivity index (χ0v) is 11.2. The Morgan fingerprint density at radius 3 is 2.42 bits per heavy atom. The number of amides is 1. The van der Waals surface area contributed by atoms with E-state index in [2.05, 4.69) is 4.98 Å². The molecule has 104 valence electrons. The standard InChI is InChI=1S/C11H14FN3O3S/c1-19(17,18)15-7-5-14(6-8-15)11(16)9-3-2-4-10(12)13-9/h2-4H,5-8H2,1H3. The molecule has 6 nitrogen and oxygen atoms in total. The first-order valence-corrected chi connectivity index (χ1v) is 7.60. The first-order valence-electron chi connectivity index (χ1n) is 5.75. The molecule has 1 amide bonds. The van der Waals surface area contributed by atoms with Crippen molar-refractivity contribution in [3.63, 3.8) is 0 Å². The molecule has 0 unspecified atom stereocenters. The summed E-state index contributed by atoms with van der Waals surface area (Å²) in [6.07, 6.45) is 1.14. The van der Waals surface area contributed by atoms with Crippen molar-refractivity contribution in [2.24, 2.45) is 0 Å². The highest BCUT2D eigenvalue weighted by Crippen LogP contribution is 2.09. The van der Waals surface area contributed by atoms with Crippen LogP contribution in [0.25, 0.3) is 0 Å². The molecule has 0 aromatic carbocycles. The molecule has 1 saturated heterocycles. The molecule has 19 heavy (non-hydrogen) atoms. The molecule has 0 atom stereocenters. The van der Waals surface area contributed by atoms with Crippen molar-refractivity contribution in [3.8, 4) is 0 Å². The quantitative estimate of drug-likeness (QED) is 0.714. The third-order valence-electron chi connectivity index (χ3n) is 2.93. The number of sulfonamides is 1. The van der Waals surface area contributed by atoms with Crippen LogP contribution in [0, 0.1) is 5.95 Å². The maximum atomic E-state index is 12.9. The van der Waals surface area contributed by atoms with Crippen LogP contribution in [0.3, 0.4) is 0 Å². The zero-order valence-electron chi connectivity index (χ0n) is 10.4. The highest BCUT2D eigenvalue weighted by atomic mass is 32.2. The predicted molar refractivity (Wildman–Crippen MR) is 66.5 cm³/mol. The van der Waals surface area contributed by atoms with Crippen molar-refractivity contribution in [1.82, 2.24) is 14.2 Å². The summed E-state index contributed by atoms with van der Waals surface area (Å²) in [5.74, 6) is -1.09. The van der Waals surface area contributed by atoms with Gasteiger partial charge in [-0.1, -0.05) is 6.07 Å². The topological polar surface area (TPSA) is 70.6 Å². The van der Waals surface area contributed by atoms with Gasteiger partial charge in [0, 0.05) is 26.2 Å². The first-order chi connectivity index (χ1) is 8.88. The lowest BCUT2D eigenvalue weighted by Crippen LogP contribution is -2.50. The Morgan fingerprint density at radius 2 is 1.89 bits per heavy atom. The van der Waals surface area contributed by atoms with Crippen LogP contribution in [0.2, 0.25) is 0 Å². The summed E-state index contributed by atoms with van der Waals surface area (Å²) < 4.78 is 36.9. The number of hydrogen-bond acceptors (Lipinski definition) is 4. The Labute approximate surface area is 110 Å². The van der Waals surface area contributed by atoms with Crippen LogP contribution in [0.1, 0.15) is 10.5 Å². The van der Waals surface area contributed by atoms with Gasteiger partial charge >= 0.3 is 0 Å². The minimum absolute atomic E-state index is 0.0350. The summed E-state index contributed by atoms with van der Waals surface area (Å²) in [5, 5.41) is 0. The van der Waals surface area contributed by atoms with E-state index < -0.39 is 16.0 Å². The highest BCUT2D eigenvalue weighted by molar-refractivity contribution is 7.88. The molecule has 0 saturated carbocycles. The Morgan fingerprint density at radius 1 is 1.26 bits per heavy atom. The maximum absolute atomic E-state index is 12.9. The summed E-state index contributed by atoms with van der Waals surface area (Å²) in [5.41, 5.74) is 0.0350. The average molecular weight is 287 g/mol. The minimum atomic E-state index is -3.23. The fourth-order valence-corrected chi connectivity index (χ4v) is 2.74. The van der Waals surface area contributed by atoms with Gasteiger partial charge in [-0.25, -0.2) is 13.4 Å². The normalized spacial score (nSPS) is 17.5. The van der Waals surface area contributed by atoms with Gasteiger partial charge in [0.05, 0.1) is 6.26 Å². The number of piperazine rings is 1. The van der Waals surface area contributed by atoms with Crippen molar-refractivity contribution >= 4 is 15.9 Å². The van der Waals surface area contributed by atoms with Crippen LogP contribution in [-0.2, 0) is 10.0 Å². The van der Waals surface area contributed by atoms with E-state index in [1.54, 1.807) is 0 Å². The number of carbonyl (C=O) groups is 1. The van der Waals surface area contributed by atoms with Gasteiger partial charge in [-0.2, -0.15) is 8.70 Å². The van der Waals surface area contributed by atoms with Gasteiger partial charge in [0.1, 0.15) is 5.69 Å². The molecule has 0 spiro atoms. The van der Waals surface area contributed by atoms with Gasteiger partial charge in [0.15, 0.2) is 0 Å². The van der Waals surface area contributed by atoms with Crippen LogP contribution < -0.4 is 0 Å². The second-order valence-electron chi connectivity index (χ2n) is 4.30. The van der Waals surface area contributed by atoms with E-state index in [0.29, 0.717) is 0 Å². The molecule has 1 aromatic heterocycles. The van der Waals surface area contributed by atoms with Crippen LogP contribution >= 0.6 is 0 Å². The molecule has 1 aromatic rings. The molecule has 1 aliphatic heterocycles. The number of rotatable bonds is 2. The Hall–Kier alpha value is -1.54. The number of pyridine rings is 1. The lowest BCUT2D eigenvalue weighted by Gasteiger charge is -2.33. The van der Waals surface area contributed by atoms with Crippen molar-refractivity contribution in [2.45, 2.75) is 0 Å². The molecule has 0 aliphatic carbocycles. The Balaban J connectivity index is 2.04. The summed E-state index contributed by atoms with van der Waals surface area (Å²) in [6, 6.07) is 4.02. The fraction of sp³-hybridized carbons (Fsp3) is 0.455. The van der Waals surface area contributed by atoms with Gasteiger partial charge in [-0.05, 0) is 12.1 Å². The smallest absolute Gasteiger partial charge is 0.272 e. The van der Waals surface area contributed by atoms with Gasteiger partial charge < -0.3 is 4.90 Å². The SMILES string of the molecule is CS(=O)(=O)N1CCN(C(=O)c2cccc(F)n2)CC1. The van der Waals surface area contributed by atoms with Crippen molar-refractivity contribution in [2.75, 3.05) is 32.4 Å². The molecule has 2 heterocycles. The zero-order chi connectivity index (χ0) is 14.0. The Bertz CT molecular complexity index is 583. The summed E-state index contributed by atoms with van der Waals surface area (Å²) in [4.78, 5) is 17.0. The molecular formula is C11H14FN3O3S. The maximum Gasteiger partial charge on any atom is 0.272 e. The first kappa shape index (κ1) is 13.9. The molecule has 0 N–H and O–H groups in total. The summed E-state index contributed by atoms with van der Waals surface area (Å²) in [7, 11) is -3.23. The van der Waals surface area contributed by atoms with E-state index in [-0.39, 0.29) is 37.8 Å². The van der Waals surface area contributed by atoms with Crippen LogP contribution in [0.5, 0.6) is 0 Å². The minimum Gasteiger partial charge on any atom is -0.335 e. The van der Waals surface area contributed by atoms with E-state index in [9.17, 15) is 17.6 Å². The van der Waals surface area contributed by atoms with Crippen molar-refractivity contribution in [1.29, 1.82) is 0 Å². The Kier molecular flexibility index (Phi) is 3.81. The van der Waals surface area contributed by atoms with Crippen LogP contribution in [0.15, 0.2) is 18.2 Å². The number of aromatic nitrogens is 1. The molecule has 0 radical (unpaired) electrons. The van der Waals surface area contributed by atoms with E-state index >= 15 is 0 Å². The second kappa shape index (κ2) is 5.22. The highest BCUT2D eigenvalue weighted by Gasteiger charge is 2.27. The molecule has 2 rings (SSSR count). The predicted octanol–water partition coefficient (Wildman–Crippen LogP) is -0.0619. The van der Waals surface area contributed by atoms with E-state index in [4.69, 9.17) is 0 Å². The van der Waals surface area contributed by atoms with E-state index in [1.807, 2.05) is 0 Å². The summed E-state index contributed by atoms with van der Waals surface area (Å²) in [6.45, 7) is 1.06. The molecule has 8 heteroatoms. The molecular weight excluding hydrogens is 273 g/mol. The monoisotopic (exact) mass is 287 g/mol. The fourth-order valence-electron chi connectivity index (χ4n) is 1.91. The number of hydrogen-bond donors (Lipinski definition) is 0. The molecule has 1 fully saturated rings. The second-order valence-corrected chi connectivity index (χ2v) is 6.28. The van der Waals surface area contributed by atoms with Crippen molar-refractivity contribution in [3.05, 3.63) is 29.8 Å². The van der Waals surface area contributed by atoms with Gasteiger partial charge in [-0.3, -0.25) is 4.79 Å². The third kappa shape index (κ3) is 3.27. The van der Waals surface area contributed by atoms with Crippen LogP contribution in [0.4, 0.5) is 4.39 Å². The van der Waals surface area contributed by atoms with E-state index in [0.717, 1.165) is 6.26 Å². The molecule has 1 aliphatic rings. The lowest BCUT2D eigenvalue weighted by molar-refractivity contribution is 0.0691. The third-order valence-corrected chi connectivity index (χ3v) is 4.23. The average Bonchev–Trinajstić information content (AvgIpc) is 2.37. The largest absolute Gasteiger partial charge is 0.335 e.